The lowest BCUT2D eigenvalue weighted by Gasteiger charge is -2.09. The number of halogens is 2. The zero-order valence-corrected chi connectivity index (χ0v) is 18.3. The van der Waals surface area contributed by atoms with Crippen LogP contribution in [0.25, 0.3) is 6.08 Å². The minimum absolute atomic E-state index is 0. The summed E-state index contributed by atoms with van der Waals surface area (Å²) in [5, 5.41) is 12.2. The van der Waals surface area contributed by atoms with Crippen molar-refractivity contribution in [3.8, 4) is 5.75 Å². The highest BCUT2D eigenvalue weighted by Crippen LogP contribution is 2.24. The van der Waals surface area contributed by atoms with Gasteiger partial charge in [-0.05, 0) is 47.7 Å². The van der Waals surface area contributed by atoms with Crippen molar-refractivity contribution >= 4 is 36.1 Å². The third-order valence-electron chi connectivity index (χ3n) is 4.29. The zero-order chi connectivity index (χ0) is 20.2. The number of carboxylic acid groups (broad SMARTS) is 1. The van der Waals surface area contributed by atoms with Crippen LogP contribution in [0.4, 0.5) is 0 Å². The van der Waals surface area contributed by atoms with Crippen LogP contribution < -0.4 is 10.1 Å². The molecule has 0 fully saturated rings. The number of carbonyl (C=O) groups is 1. The molecule has 0 saturated heterocycles. The molecule has 0 aromatic heterocycles. The molecular formula is C23H29Cl2NO3. The number of benzene rings is 2. The number of hydrogen-bond donors (Lipinski definition) is 2. The summed E-state index contributed by atoms with van der Waals surface area (Å²) in [6, 6.07) is 14.2. The van der Waals surface area contributed by atoms with Crippen molar-refractivity contribution in [1.29, 1.82) is 0 Å². The quantitative estimate of drug-likeness (QED) is 0.414. The van der Waals surface area contributed by atoms with Crippen LogP contribution >= 0.6 is 24.0 Å². The first kappa shape index (κ1) is 25.0. The first-order valence-corrected chi connectivity index (χ1v) is 10.1. The molecule has 0 spiro atoms. The van der Waals surface area contributed by atoms with Gasteiger partial charge < -0.3 is 15.2 Å². The molecule has 4 nitrogen and oxygen atoms in total. The van der Waals surface area contributed by atoms with Crippen molar-refractivity contribution in [2.45, 2.75) is 39.2 Å². The van der Waals surface area contributed by atoms with Crippen LogP contribution in [0, 0.1) is 0 Å². The third-order valence-corrected chi connectivity index (χ3v) is 4.62. The number of aliphatic carboxylic acids is 1. The Kier molecular flexibility index (Phi) is 12.1. The van der Waals surface area contributed by atoms with Gasteiger partial charge in [-0.15, -0.1) is 12.4 Å². The molecule has 0 bridgehead atoms. The van der Waals surface area contributed by atoms with Gasteiger partial charge in [-0.1, -0.05) is 61.4 Å². The lowest BCUT2D eigenvalue weighted by Crippen LogP contribution is -2.17. The lowest BCUT2D eigenvalue weighted by atomic mass is 10.1. The largest absolute Gasteiger partial charge is 0.489 e. The Hall–Kier alpha value is -2.01. The van der Waals surface area contributed by atoms with E-state index in [0.29, 0.717) is 24.7 Å². The highest BCUT2D eigenvalue weighted by molar-refractivity contribution is 6.32. The second-order valence-corrected chi connectivity index (χ2v) is 7.05. The van der Waals surface area contributed by atoms with Gasteiger partial charge in [0.25, 0.3) is 0 Å². The fourth-order valence-corrected chi connectivity index (χ4v) is 2.88. The standard InChI is InChI=1S/C23H28ClNO3.ClH/c1-2-3-5-18-7-9-19(10-8-18)17-28-21-12-11-20(22(24)16-21)6-4-14-25-15-13-23(26)27;/h4,6-12,16,25H,2-3,5,13-15,17H2,1H3,(H,26,27);1H/b6-4+;. The predicted octanol–water partition coefficient (Wildman–Crippen LogP) is 5.76. The number of ether oxygens (including phenoxy) is 1. The van der Waals surface area contributed by atoms with Gasteiger partial charge in [0.1, 0.15) is 12.4 Å². The van der Waals surface area contributed by atoms with Crippen molar-refractivity contribution in [1.82, 2.24) is 5.32 Å². The smallest absolute Gasteiger partial charge is 0.304 e. The van der Waals surface area contributed by atoms with Crippen molar-refractivity contribution < 1.29 is 14.6 Å². The Morgan fingerprint density at radius 3 is 2.55 bits per heavy atom. The number of rotatable bonds is 12. The monoisotopic (exact) mass is 437 g/mol. The van der Waals surface area contributed by atoms with E-state index in [0.717, 1.165) is 23.3 Å². The molecule has 6 heteroatoms. The maximum absolute atomic E-state index is 10.4. The molecule has 2 aromatic carbocycles. The Morgan fingerprint density at radius 1 is 1.17 bits per heavy atom. The Morgan fingerprint density at radius 2 is 1.90 bits per heavy atom. The maximum atomic E-state index is 10.4. The molecule has 0 aliphatic rings. The summed E-state index contributed by atoms with van der Waals surface area (Å²) in [7, 11) is 0. The summed E-state index contributed by atoms with van der Waals surface area (Å²) in [6.07, 6.45) is 7.49. The lowest BCUT2D eigenvalue weighted by molar-refractivity contribution is -0.136. The molecule has 0 saturated carbocycles. The molecule has 2 aromatic rings. The summed E-state index contributed by atoms with van der Waals surface area (Å²) in [5.41, 5.74) is 3.39. The summed E-state index contributed by atoms with van der Waals surface area (Å²) < 4.78 is 5.85. The molecule has 2 rings (SSSR count). The summed E-state index contributed by atoms with van der Waals surface area (Å²) in [4.78, 5) is 10.4. The molecule has 0 radical (unpaired) electrons. The number of aryl methyl sites for hydroxylation is 1. The van der Waals surface area contributed by atoms with Gasteiger partial charge in [-0.25, -0.2) is 0 Å². The van der Waals surface area contributed by atoms with Crippen LogP contribution in [0.2, 0.25) is 5.02 Å². The highest BCUT2D eigenvalue weighted by atomic mass is 35.5. The third kappa shape index (κ3) is 9.84. The molecule has 0 atom stereocenters. The van der Waals surface area contributed by atoms with Crippen LogP contribution in [-0.4, -0.2) is 24.2 Å². The van der Waals surface area contributed by atoms with Gasteiger partial charge in [-0.2, -0.15) is 0 Å². The fourth-order valence-electron chi connectivity index (χ4n) is 2.65. The minimum atomic E-state index is -0.803. The SMILES string of the molecule is CCCCc1ccc(COc2ccc(/C=C/CNCCC(=O)O)c(Cl)c2)cc1.Cl. The van der Waals surface area contributed by atoms with Crippen molar-refractivity contribution in [3.63, 3.8) is 0 Å². The van der Waals surface area contributed by atoms with Gasteiger partial charge in [0.05, 0.1) is 11.4 Å². The van der Waals surface area contributed by atoms with Gasteiger partial charge in [0, 0.05) is 13.1 Å². The Balaban J connectivity index is 0.00000420. The second-order valence-electron chi connectivity index (χ2n) is 6.64. The van der Waals surface area contributed by atoms with E-state index < -0.39 is 5.97 Å². The molecule has 2 N–H and O–H groups in total. The van der Waals surface area contributed by atoms with E-state index in [-0.39, 0.29) is 18.8 Å². The van der Waals surface area contributed by atoms with Crippen molar-refractivity contribution in [2.24, 2.45) is 0 Å². The van der Waals surface area contributed by atoms with Crippen molar-refractivity contribution in [2.75, 3.05) is 13.1 Å². The van der Waals surface area contributed by atoms with E-state index in [9.17, 15) is 4.79 Å². The Labute approximate surface area is 184 Å². The number of hydrogen-bond acceptors (Lipinski definition) is 3. The zero-order valence-electron chi connectivity index (χ0n) is 16.7. The van der Waals surface area contributed by atoms with Crippen LogP contribution in [0.5, 0.6) is 5.75 Å². The van der Waals surface area contributed by atoms with Crippen LogP contribution in [-0.2, 0) is 17.8 Å². The van der Waals surface area contributed by atoms with E-state index in [1.165, 1.54) is 18.4 Å². The normalized spacial score (nSPS) is 10.7. The average Bonchev–Trinajstić information content (AvgIpc) is 2.69. The van der Waals surface area contributed by atoms with Gasteiger partial charge in [-0.3, -0.25) is 4.79 Å². The molecule has 0 heterocycles. The van der Waals surface area contributed by atoms with E-state index in [2.05, 4.69) is 36.5 Å². The highest BCUT2D eigenvalue weighted by Gasteiger charge is 2.02. The van der Waals surface area contributed by atoms with Gasteiger partial charge in [0.15, 0.2) is 0 Å². The molecule has 0 aliphatic heterocycles. The van der Waals surface area contributed by atoms with Crippen molar-refractivity contribution in [3.05, 3.63) is 70.3 Å². The number of nitrogens with one attached hydrogen (secondary N) is 1. The predicted molar refractivity (Wildman–Crippen MR) is 122 cm³/mol. The summed E-state index contributed by atoms with van der Waals surface area (Å²) >= 11 is 6.33. The van der Waals surface area contributed by atoms with E-state index in [1.807, 2.05) is 30.4 Å². The molecule has 158 valence electrons. The van der Waals surface area contributed by atoms with E-state index in [4.69, 9.17) is 21.4 Å². The number of unbranched alkanes of at least 4 members (excludes halogenated alkanes) is 1. The minimum Gasteiger partial charge on any atom is -0.489 e. The summed E-state index contributed by atoms with van der Waals surface area (Å²) in [6.45, 7) is 3.75. The van der Waals surface area contributed by atoms with E-state index in [1.54, 1.807) is 0 Å². The van der Waals surface area contributed by atoms with Gasteiger partial charge >= 0.3 is 5.97 Å². The van der Waals surface area contributed by atoms with Crippen LogP contribution in [0.3, 0.4) is 0 Å². The summed E-state index contributed by atoms with van der Waals surface area (Å²) in [5.74, 6) is -0.0701. The Bertz CT molecular complexity index is 776. The fraction of sp³-hybridized carbons (Fsp3) is 0.348. The van der Waals surface area contributed by atoms with Crippen LogP contribution in [0.1, 0.15) is 42.9 Å². The molecular weight excluding hydrogens is 409 g/mol. The topological polar surface area (TPSA) is 58.6 Å². The first-order valence-electron chi connectivity index (χ1n) is 9.67. The maximum Gasteiger partial charge on any atom is 0.304 e. The number of carboxylic acids is 1. The molecule has 0 amide bonds. The molecule has 0 aliphatic carbocycles. The molecule has 29 heavy (non-hydrogen) atoms. The second kappa shape index (κ2) is 14.0. The van der Waals surface area contributed by atoms with Gasteiger partial charge in [0.2, 0.25) is 0 Å². The first-order chi connectivity index (χ1) is 13.6. The van der Waals surface area contributed by atoms with Crippen LogP contribution in [0.15, 0.2) is 48.5 Å². The molecule has 0 unspecified atom stereocenters. The van der Waals surface area contributed by atoms with E-state index >= 15 is 0 Å². The average molecular weight is 438 g/mol.